The molecule has 0 fully saturated rings. The highest BCUT2D eigenvalue weighted by atomic mass is 16.5. The Morgan fingerprint density at radius 3 is 3.00 bits per heavy atom. The van der Waals surface area contributed by atoms with Crippen LogP contribution in [0, 0.1) is 5.92 Å². The van der Waals surface area contributed by atoms with Crippen LogP contribution in [0.1, 0.15) is 55.3 Å². The second kappa shape index (κ2) is 8.73. The van der Waals surface area contributed by atoms with Gasteiger partial charge in [0.05, 0.1) is 6.61 Å². The number of carbonyl (C=O) groups is 1. The van der Waals surface area contributed by atoms with E-state index in [9.17, 15) is 9.90 Å². The van der Waals surface area contributed by atoms with Gasteiger partial charge in [0.1, 0.15) is 0 Å². The summed E-state index contributed by atoms with van der Waals surface area (Å²) in [5, 5.41) is 13.8. The number of furan rings is 1. The lowest BCUT2D eigenvalue weighted by atomic mass is 10.1. The first-order chi connectivity index (χ1) is 13.5. The van der Waals surface area contributed by atoms with E-state index in [1.807, 2.05) is 12.1 Å². The molecule has 1 aliphatic rings. The summed E-state index contributed by atoms with van der Waals surface area (Å²) in [6, 6.07) is 3.70. The molecule has 7 heteroatoms. The van der Waals surface area contributed by atoms with E-state index >= 15 is 0 Å². The number of allylic oxidation sites excluding steroid dienone is 1. The SMILES string of the molecule is CCOC(=O)c1c(NCCC(C)CC)oc(C=C2C=Nc3ncccc32)c1O. The first-order valence-electron chi connectivity index (χ1n) is 9.53. The van der Waals surface area contributed by atoms with Gasteiger partial charge in [0.2, 0.25) is 5.88 Å². The van der Waals surface area contributed by atoms with Crippen molar-refractivity contribution in [1.29, 1.82) is 0 Å². The van der Waals surface area contributed by atoms with Crippen molar-refractivity contribution in [2.24, 2.45) is 10.9 Å². The predicted octanol–water partition coefficient (Wildman–Crippen LogP) is 4.66. The minimum absolute atomic E-state index is 0.0131. The van der Waals surface area contributed by atoms with Crippen molar-refractivity contribution in [3.8, 4) is 5.75 Å². The molecule has 1 unspecified atom stereocenters. The van der Waals surface area contributed by atoms with Crippen molar-refractivity contribution in [3.63, 3.8) is 0 Å². The Morgan fingerprint density at radius 2 is 2.25 bits per heavy atom. The van der Waals surface area contributed by atoms with E-state index in [0.29, 0.717) is 18.3 Å². The third-order valence-electron chi connectivity index (χ3n) is 4.72. The van der Waals surface area contributed by atoms with Gasteiger partial charge in [-0.05, 0) is 37.5 Å². The van der Waals surface area contributed by atoms with Crippen LogP contribution in [0.15, 0.2) is 27.7 Å². The second-order valence-corrected chi connectivity index (χ2v) is 6.70. The maximum Gasteiger partial charge on any atom is 0.347 e. The Bertz CT molecular complexity index is 914. The standard InChI is InChI=1S/C21H25N3O4/c1-4-13(3)8-10-23-20-17(21(26)27-5-2)18(25)16(28-20)11-14-12-24-19-15(14)7-6-9-22-19/h6-7,9,11-13,23,25H,4-5,8,10H2,1-3H3. The molecular formula is C21H25N3O4. The molecule has 0 radical (unpaired) electrons. The van der Waals surface area contributed by atoms with Crippen LogP contribution in [0.3, 0.4) is 0 Å². The third-order valence-corrected chi connectivity index (χ3v) is 4.72. The minimum atomic E-state index is -0.624. The monoisotopic (exact) mass is 383 g/mol. The summed E-state index contributed by atoms with van der Waals surface area (Å²) < 4.78 is 10.9. The lowest BCUT2D eigenvalue weighted by Gasteiger charge is -2.09. The quantitative estimate of drug-likeness (QED) is 0.644. The van der Waals surface area contributed by atoms with Crippen LogP contribution >= 0.6 is 0 Å². The highest BCUT2D eigenvalue weighted by Gasteiger charge is 2.27. The Kier molecular flexibility index (Phi) is 6.13. The van der Waals surface area contributed by atoms with Crippen LogP contribution < -0.4 is 5.32 Å². The molecule has 7 nitrogen and oxygen atoms in total. The van der Waals surface area contributed by atoms with E-state index in [1.165, 1.54) is 0 Å². The number of esters is 1. The molecule has 2 aromatic heterocycles. The van der Waals surface area contributed by atoms with Gasteiger partial charge in [-0.25, -0.2) is 14.8 Å². The van der Waals surface area contributed by atoms with Gasteiger partial charge in [-0.15, -0.1) is 0 Å². The number of pyridine rings is 1. The maximum absolute atomic E-state index is 12.3. The number of fused-ring (bicyclic) bond motifs is 1. The number of nitrogens with zero attached hydrogens (tertiary/aromatic N) is 2. The van der Waals surface area contributed by atoms with E-state index in [2.05, 4.69) is 29.1 Å². The Morgan fingerprint density at radius 1 is 1.43 bits per heavy atom. The molecule has 3 heterocycles. The van der Waals surface area contributed by atoms with Crippen molar-refractivity contribution >= 4 is 35.5 Å². The van der Waals surface area contributed by atoms with Gasteiger partial charge in [0, 0.05) is 30.1 Å². The Hall–Kier alpha value is -3.09. The molecule has 148 valence electrons. The summed E-state index contributed by atoms with van der Waals surface area (Å²) >= 11 is 0. The molecule has 1 aliphatic heterocycles. The average molecular weight is 383 g/mol. The summed E-state index contributed by atoms with van der Waals surface area (Å²) in [5.41, 5.74) is 1.59. The van der Waals surface area contributed by atoms with Crippen molar-refractivity contribution in [1.82, 2.24) is 4.98 Å². The highest BCUT2D eigenvalue weighted by molar-refractivity contribution is 6.21. The molecule has 3 rings (SSSR count). The molecule has 0 saturated carbocycles. The molecule has 0 bridgehead atoms. The zero-order valence-corrected chi connectivity index (χ0v) is 16.4. The smallest absolute Gasteiger partial charge is 0.347 e. The van der Waals surface area contributed by atoms with Crippen molar-refractivity contribution in [3.05, 3.63) is 35.2 Å². The van der Waals surface area contributed by atoms with E-state index in [4.69, 9.17) is 9.15 Å². The van der Waals surface area contributed by atoms with Gasteiger partial charge in [-0.3, -0.25) is 0 Å². The largest absolute Gasteiger partial charge is 0.504 e. The van der Waals surface area contributed by atoms with E-state index < -0.39 is 5.97 Å². The van der Waals surface area contributed by atoms with Crippen LogP contribution in [0.4, 0.5) is 11.7 Å². The van der Waals surface area contributed by atoms with Gasteiger partial charge in [0.15, 0.2) is 22.9 Å². The molecule has 2 aromatic rings. The molecule has 28 heavy (non-hydrogen) atoms. The molecular weight excluding hydrogens is 358 g/mol. The first-order valence-corrected chi connectivity index (χ1v) is 9.53. The van der Waals surface area contributed by atoms with Crippen molar-refractivity contribution < 1.29 is 19.1 Å². The number of anilines is 1. The summed E-state index contributed by atoms with van der Waals surface area (Å²) in [6.07, 6.45) is 6.96. The fraction of sp³-hybridized carbons (Fsp3) is 0.381. The maximum atomic E-state index is 12.3. The number of ether oxygens (including phenoxy) is 1. The van der Waals surface area contributed by atoms with Crippen molar-refractivity contribution in [2.75, 3.05) is 18.5 Å². The van der Waals surface area contributed by atoms with Crippen LogP contribution in [0.25, 0.3) is 11.6 Å². The number of carbonyl (C=O) groups excluding carboxylic acids is 1. The van der Waals surface area contributed by atoms with E-state index in [0.717, 1.165) is 24.0 Å². The topological polar surface area (TPSA) is 97.0 Å². The Balaban J connectivity index is 1.92. The normalized spacial score (nSPS) is 14.9. The lowest BCUT2D eigenvalue weighted by Crippen LogP contribution is -2.10. The number of aromatic nitrogens is 1. The van der Waals surface area contributed by atoms with Crippen LogP contribution in [-0.2, 0) is 4.74 Å². The number of aromatic hydroxyl groups is 1. The number of hydrogen-bond acceptors (Lipinski definition) is 7. The Labute approximate surface area is 164 Å². The van der Waals surface area contributed by atoms with Gasteiger partial charge >= 0.3 is 5.97 Å². The molecule has 0 saturated heterocycles. The molecule has 0 aliphatic carbocycles. The van der Waals surface area contributed by atoms with Crippen LogP contribution in [0.5, 0.6) is 5.75 Å². The number of rotatable bonds is 8. The molecule has 0 spiro atoms. The van der Waals surface area contributed by atoms with E-state index in [-0.39, 0.29) is 29.6 Å². The molecule has 0 aromatic carbocycles. The average Bonchev–Trinajstić information content (AvgIpc) is 3.23. The lowest BCUT2D eigenvalue weighted by molar-refractivity contribution is 0.0524. The zero-order valence-electron chi connectivity index (χ0n) is 16.4. The molecule has 0 amide bonds. The zero-order chi connectivity index (χ0) is 20.1. The molecule has 2 N–H and O–H groups in total. The predicted molar refractivity (Wildman–Crippen MR) is 109 cm³/mol. The summed E-state index contributed by atoms with van der Waals surface area (Å²) in [4.78, 5) is 20.8. The summed E-state index contributed by atoms with van der Waals surface area (Å²) in [7, 11) is 0. The van der Waals surface area contributed by atoms with Gasteiger partial charge in [0.25, 0.3) is 0 Å². The van der Waals surface area contributed by atoms with Crippen molar-refractivity contribution in [2.45, 2.75) is 33.6 Å². The highest BCUT2D eigenvalue weighted by Crippen LogP contribution is 2.38. The minimum Gasteiger partial charge on any atom is -0.504 e. The summed E-state index contributed by atoms with van der Waals surface area (Å²) in [5.74, 6) is 0.670. The summed E-state index contributed by atoms with van der Waals surface area (Å²) in [6.45, 7) is 6.84. The first kappa shape index (κ1) is 19.7. The fourth-order valence-corrected chi connectivity index (χ4v) is 2.87. The van der Waals surface area contributed by atoms with E-state index in [1.54, 1.807) is 25.4 Å². The third kappa shape index (κ3) is 4.08. The fourth-order valence-electron chi connectivity index (χ4n) is 2.87. The molecule has 1 atom stereocenters. The second-order valence-electron chi connectivity index (χ2n) is 6.70. The van der Waals surface area contributed by atoms with Gasteiger partial charge < -0.3 is 19.6 Å². The van der Waals surface area contributed by atoms with Crippen LogP contribution in [-0.4, -0.2) is 35.4 Å². The number of nitrogens with one attached hydrogen (secondary N) is 1. The van der Waals surface area contributed by atoms with Crippen LogP contribution in [0.2, 0.25) is 0 Å². The van der Waals surface area contributed by atoms with Gasteiger partial charge in [-0.2, -0.15) is 0 Å². The number of aliphatic imine (C=N–C) groups is 1. The van der Waals surface area contributed by atoms with Gasteiger partial charge in [-0.1, -0.05) is 20.3 Å². The number of hydrogen-bond donors (Lipinski definition) is 2.